The number of hydrogen-bond acceptors (Lipinski definition) is 5. The largest absolute Gasteiger partial charge is 0.481 e. The Bertz CT molecular complexity index is 801. The van der Waals surface area contributed by atoms with Gasteiger partial charge in [0.15, 0.2) is 0 Å². The summed E-state index contributed by atoms with van der Waals surface area (Å²) in [6, 6.07) is 6.41. The molecule has 1 aromatic carbocycles. The van der Waals surface area contributed by atoms with Crippen molar-refractivity contribution < 1.29 is 27.9 Å². The van der Waals surface area contributed by atoms with Gasteiger partial charge in [-0.2, -0.15) is 0 Å². The molecule has 0 radical (unpaired) electrons. The first-order valence-corrected chi connectivity index (χ1v) is 10.1. The highest BCUT2D eigenvalue weighted by molar-refractivity contribution is 7.93. The molecule has 2 N–H and O–H groups in total. The Morgan fingerprint density at radius 1 is 1.27 bits per heavy atom. The number of ether oxygens (including phenoxy) is 1. The predicted octanol–water partition coefficient (Wildman–Crippen LogP) is 0.980. The van der Waals surface area contributed by atoms with E-state index in [1.165, 1.54) is 10.4 Å². The third-order valence-electron chi connectivity index (χ3n) is 4.81. The highest BCUT2D eigenvalue weighted by atomic mass is 32.2. The van der Waals surface area contributed by atoms with Crippen LogP contribution >= 0.6 is 0 Å². The number of carboxylic acid groups (broad SMARTS) is 1. The second-order valence-corrected chi connectivity index (χ2v) is 8.72. The van der Waals surface area contributed by atoms with Gasteiger partial charge < -0.3 is 15.2 Å². The van der Waals surface area contributed by atoms with E-state index in [0.29, 0.717) is 50.3 Å². The van der Waals surface area contributed by atoms with Crippen LogP contribution in [0.5, 0.6) is 0 Å². The van der Waals surface area contributed by atoms with E-state index >= 15 is 0 Å². The van der Waals surface area contributed by atoms with Crippen LogP contribution in [0.2, 0.25) is 0 Å². The number of amides is 1. The number of carbonyl (C=O) groups is 2. The van der Waals surface area contributed by atoms with Crippen LogP contribution < -0.4 is 9.62 Å². The van der Waals surface area contributed by atoms with Crippen molar-refractivity contribution in [2.45, 2.75) is 31.2 Å². The maximum atomic E-state index is 12.7. The first-order chi connectivity index (χ1) is 12.3. The number of sulfonamides is 1. The molecule has 2 saturated heterocycles. The molecule has 0 aliphatic carbocycles. The second kappa shape index (κ2) is 7.24. The molecule has 8 nitrogen and oxygen atoms in total. The number of anilines is 1. The predicted molar refractivity (Wildman–Crippen MR) is 94.7 cm³/mol. The van der Waals surface area contributed by atoms with Gasteiger partial charge in [-0.25, -0.2) is 8.42 Å². The third kappa shape index (κ3) is 3.99. The van der Waals surface area contributed by atoms with Crippen LogP contribution in [-0.4, -0.2) is 56.5 Å². The summed E-state index contributed by atoms with van der Waals surface area (Å²) in [7, 11) is -3.33. The van der Waals surface area contributed by atoms with E-state index in [0.717, 1.165) is 0 Å². The molecular weight excluding hydrogens is 360 g/mol. The number of benzene rings is 1. The molecule has 0 bridgehead atoms. The van der Waals surface area contributed by atoms with Crippen LogP contribution in [0, 0.1) is 0 Å². The lowest BCUT2D eigenvalue weighted by Gasteiger charge is -2.36. The molecule has 2 heterocycles. The summed E-state index contributed by atoms with van der Waals surface area (Å²) in [5, 5.41) is 12.0. The maximum absolute atomic E-state index is 12.7. The van der Waals surface area contributed by atoms with Crippen molar-refractivity contribution in [1.29, 1.82) is 0 Å². The van der Waals surface area contributed by atoms with Gasteiger partial charge in [-0.05, 0) is 37.5 Å². The summed E-state index contributed by atoms with van der Waals surface area (Å²) in [4.78, 5) is 23.9. The Balaban J connectivity index is 1.81. The van der Waals surface area contributed by atoms with E-state index in [1.54, 1.807) is 18.2 Å². The topological polar surface area (TPSA) is 113 Å². The number of carboxylic acids is 1. The number of nitrogens with one attached hydrogen (secondary N) is 1. The zero-order valence-corrected chi connectivity index (χ0v) is 15.1. The van der Waals surface area contributed by atoms with Crippen molar-refractivity contribution in [2.24, 2.45) is 0 Å². The van der Waals surface area contributed by atoms with Crippen molar-refractivity contribution in [3.8, 4) is 0 Å². The lowest BCUT2D eigenvalue weighted by Crippen LogP contribution is -2.53. The Morgan fingerprint density at radius 3 is 2.62 bits per heavy atom. The van der Waals surface area contributed by atoms with Crippen LogP contribution in [0.1, 0.15) is 36.0 Å². The lowest BCUT2D eigenvalue weighted by atomic mass is 9.86. The highest BCUT2D eigenvalue weighted by Gasteiger charge is 2.37. The van der Waals surface area contributed by atoms with Crippen LogP contribution in [0.3, 0.4) is 0 Å². The van der Waals surface area contributed by atoms with E-state index in [1.807, 2.05) is 0 Å². The quantitative estimate of drug-likeness (QED) is 0.785. The molecule has 0 saturated carbocycles. The molecule has 0 spiro atoms. The van der Waals surface area contributed by atoms with Crippen molar-refractivity contribution in [1.82, 2.24) is 5.32 Å². The van der Waals surface area contributed by atoms with Gasteiger partial charge in [0.25, 0.3) is 5.91 Å². The summed E-state index contributed by atoms with van der Waals surface area (Å²) in [6.45, 7) is 1.17. The number of carbonyl (C=O) groups excluding carboxylic acids is 1. The standard InChI is InChI=1S/C17H22N2O6S/c20-15(21)12-17(5-8-25-9-6-17)18-16(22)13-3-1-4-14(11-13)19-7-2-10-26(19,23)24/h1,3-4,11H,2,5-10,12H2,(H,18,22)(H,20,21). The molecule has 1 amide bonds. The monoisotopic (exact) mass is 382 g/mol. The molecule has 2 aliphatic rings. The second-order valence-electron chi connectivity index (χ2n) is 6.71. The number of rotatable bonds is 5. The fourth-order valence-electron chi connectivity index (χ4n) is 3.44. The molecule has 9 heteroatoms. The SMILES string of the molecule is O=C(O)CC1(NC(=O)c2cccc(N3CCCS3(=O)=O)c2)CCOCC1. The lowest BCUT2D eigenvalue weighted by molar-refractivity contribution is -0.139. The summed E-state index contributed by atoms with van der Waals surface area (Å²) in [5.41, 5.74) is -0.0908. The van der Waals surface area contributed by atoms with Crippen molar-refractivity contribution >= 4 is 27.6 Å². The van der Waals surface area contributed by atoms with E-state index in [2.05, 4.69) is 5.32 Å². The smallest absolute Gasteiger partial charge is 0.305 e. The highest BCUT2D eigenvalue weighted by Crippen LogP contribution is 2.27. The van der Waals surface area contributed by atoms with Gasteiger partial charge in [-0.1, -0.05) is 6.07 Å². The van der Waals surface area contributed by atoms with Gasteiger partial charge in [0.1, 0.15) is 0 Å². The maximum Gasteiger partial charge on any atom is 0.305 e. The summed E-state index contributed by atoms with van der Waals surface area (Å²) in [5.74, 6) is -1.29. The fraction of sp³-hybridized carbons (Fsp3) is 0.529. The van der Waals surface area contributed by atoms with Gasteiger partial charge >= 0.3 is 5.97 Å². The van der Waals surface area contributed by atoms with E-state index in [9.17, 15) is 23.1 Å². The normalized spacial score (nSPS) is 21.3. The average Bonchev–Trinajstić information content (AvgIpc) is 2.94. The Hall–Kier alpha value is -2.13. The Kier molecular flexibility index (Phi) is 5.19. The summed E-state index contributed by atoms with van der Waals surface area (Å²) in [6.07, 6.45) is 1.22. The number of nitrogens with zero attached hydrogens (tertiary/aromatic N) is 1. The van der Waals surface area contributed by atoms with Crippen LogP contribution in [0.4, 0.5) is 5.69 Å². The molecule has 26 heavy (non-hydrogen) atoms. The Labute approximate surface area is 152 Å². The minimum Gasteiger partial charge on any atom is -0.481 e. The zero-order valence-electron chi connectivity index (χ0n) is 14.3. The summed E-state index contributed by atoms with van der Waals surface area (Å²) < 4.78 is 30.8. The van der Waals surface area contributed by atoms with E-state index < -0.39 is 27.4 Å². The molecule has 2 aliphatic heterocycles. The van der Waals surface area contributed by atoms with Crippen LogP contribution in [0.15, 0.2) is 24.3 Å². The third-order valence-corrected chi connectivity index (χ3v) is 6.68. The molecule has 1 aromatic rings. The average molecular weight is 382 g/mol. The number of aliphatic carboxylic acids is 1. The van der Waals surface area contributed by atoms with Crippen LogP contribution in [-0.2, 0) is 19.6 Å². The summed E-state index contributed by atoms with van der Waals surface area (Å²) >= 11 is 0. The minimum atomic E-state index is -3.33. The minimum absolute atomic E-state index is 0.102. The van der Waals surface area contributed by atoms with E-state index in [-0.39, 0.29) is 12.2 Å². The van der Waals surface area contributed by atoms with Crippen molar-refractivity contribution in [3.63, 3.8) is 0 Å². The van der Waals surface area contributed by atoms with Gasteiger partial charge in [-0.15, -0.1) is 0 Å². The fourth-order valence-corrected chi connectivity index (χ4v) is 5.00. The molecular formula is C17H22N2O6S. The van der Waals surface area contributed by atoms with Gasteiger partial charge in [0.05, 0.1) is 23.4 Å². The molecule has 0 unspecified atom stereocenters. The molecule has 0 atom stereocenters. The molecule has 142 valence electrons. The van der Waals surface area contributed by atoms with Gasteiger partial charge in [0.2, 0.25) is 10.0 Å². The first-order valence-electron chi connectivity index (χ1n) is 8.54. The first kappa shape index (κ1) is 18.7. The van der Waals surface area contributed by atoms with Gasteiger partial charge in [0, 0.05) is 25.3 Å². The molecule has 0 aromatic heterocycles. The van der Waals surface area contributed by atoms with Gasteiger partial charge in [-0.3, -0.25) is 13.9 Å². The number of hydrogen-bond donors (Lipinski definition) is 2. The molecule has 3 rings (SSSR count). The Morgan fingerprint density at radius 2 is 2.00 bits per heavy atom. The van der Waals surface area contributed by atoms with Crippen LogP contribution in [0.25, 0.3) is 0 Å². The zero-order chi connectivity index (χ0) is 18.8. The van der Waals surface area contributed by atoms with E-state index in [4.69, 9.17) is 4.74 Å². The van der Waals surface area contributed by atoms with Crippen molar-refractivity contribution in [2.75, 3.05) is 29.8 Å². The molecule has 2 fully saturated rings. The van der Waals surface area contributed by atoms with Crippen molar-refractivity contribution in [3.05, 3.63) is 29.8 Å².